The van der Waals surface area contributed by atoms with E-state index in [4.69, 9.17) is 4.74 Å². The summed E-state index contributed by atoms with van der Waals surface area (Å²) >= 11 is 0. The second-order valence-corrected chi connectivity index (χ2v) is 8.05. The third-order valence-corrected chi connectivity index (χ3v) is 5.35. The van der Waals surface area contributed by atoms with Crippen molar-refractivity contribution in [2.75, 3.05) is 43.6 Å². The second kappa shape index (κ2) is 12.7. The fourth-order valence-corrected chi connectivity index (χ4v) is 3.77. The average Bonchev–Trinajstić information content (AvgIpc) is 2.79. The highest BCUT2D eigenvalue weighted by atomic mass is 16.5. The third kappa shape index (κ3) is 6.29. The molecule has 0 spiro atoms. The van der Waals surface area contributed by atoms with Gasteiger partial charge in [0, 0.05) is 51.5 Å². The van der Waals surface area contributed by atoms with Crippen molar-refractivity contribution in [2.45, 2.75) is 47.0 Å². The van der Waals surface area contributed by atoms with Gasteiger partial charge in [0.25, 0.3) is 11.8 Å². The Morgan fingerprint density at radius 1 is 1.21 bits per heavy atom. The maximum Gasteiger partial charge on any atom is 0.279 e. The van der Waals surface area contributed by atoms with Crippen molar-refractivity contribution < 1.29 is 19.1 Å². The third-order valence-electron chi connectivity index (χ3n) is 5.35. The number of aliphatic imine (C=N–C) groups is 1. The molecule has 3 amide bonds. The quantitative estimate of drug-likeness (QED) is 0.393. The zero-order chi connectivity index (χ0) is 25.3. The molecule has 0 radical (unpaired) electrons. The van der Waals surface area contributed by atoms with E-state index in [1.165, 1.54) is 21.0 Å². The molecule has 9 nitrogen and oxygen atoms in total. The first-order valence-electron chi connectivity index (χ1n) is 11.5. The highest BCUT2D eigenvalue weighted by molar-refractivity contribution is 6.51. The highest BCUT2D eigenvalue weighted by Crippen LogP contribution is 2.32. The number of nitrogens with zero attached hydrogens (tertiary/aromatic N) is 4. The fourth-order valence-electron chi connectivity index (χ4n) is 3.77. The smallest absolute Gasteiger partial charge is 0.279 e. The minimum atomic E-state index is -0.632. The van der Waals surface area contributed by atoms with Crippen LogP contribution in [0.4, 0.5) is 17.1 Å². The molecule has 1 heterocycles. The van der Waals surface area contributed by atoms with Crippen LogP contribution >= 0.6 is 0 Å². The van der Waals surface area contributed by atoms with Crippen molar-refractivity contribution in [3.63, 3.8) is 0 Å². The Hall–Kier alpha value is -3.51. The Morgan fingerprint density at radius 2 is 1.88 bits per heavy atom. The minimum absolute atomic E-state index is 0.00638. The van der Waals surface area contributed by atoms with Crippen LogP contribution in [0.1, 0.15) is 47.0 Å². The van der Waals surface area contributed by atoms with Gasteiger partial charge in [0.1, 0.15) is 17.4 Å². The standard InChI is InChI=1S/C25H33N5O4/c1-6-11-29(12-7-2)19-9-10-21(22(15-19)27-18(4)31)28-23-17(3)20(16-26)24(32)30(25(23)33)13-8-14-34-5/h9-10,15H,6-8,11-14H2,1-5H3,(H,27,31). The van der Waals surface area contributed by atoms with Gasteiger partial charge < -0.3 is 15.0 Å². The first kappa shape index (κ1) is 26.7. The summed E-state index contributed by atoms with van der Waals surface area (Å²) in [5.74, 6) is -1.48. The number of amides is 3. The number of anilines is 2. The van der Waals surface area contributed by atoms with Crippen LogP contribution in [0.15, 0.2) is 34.3 Å². The van der Waals surface area contributed by atoms with Gasteiger partial charge in [-0.15, -0.1) is 0 Å². The molecule has 0 saturated heterocycles. The van der Waals surface area contributed by atoms with E-state index >= 15 is 0 Å². The van der Waals surface area contributed by atoms with Crippen LogP contribution in [0.2, 0.25) is 0 Å². The molecule has 182 valence electrons. The number of carbonyl (C=O) groups excluding carboxylic acids is 3. The molecule has 1 aliphatic heterocycles. The lowest BCUT2D eigenvalue weighted by Gasteiger charge is -2.27. The van der Waals surface area contributed by atoms with E-state index in [0.29, 0.717) is 24.4 Å². The molecule has 0 saturated carbocycles. The van der Waals surface area contributed by atoms with Gasteiger partial charge >= 0.3 is 0 Å². The summed E-state index contributed by atoms with van der Waals surface area (Å²) in [6.07, 6.45) is 2.39. The van der Waals surface area contributed by atoms with Gasteiger partial charge in [-0.3, -0.25) is 19.3 Å². The molecule has 1 aromatic carbocycles. The number of hydrogen-bond donors (Lipinski definition) is 1. The second-order valence-electron chi connectivity index (χ2n) is 8.05. The monoisotopic (exact) mass is 467 g/mol. The van der Waals surface area contributed by atoms with Crippen molar-refractivity contribution in [3.8, 4) is 6.07 Å². The Labute approximate surface area is 201 Å². The van der Waals surface area contributed by atoms with Crippen molar-refractivity contribution in [1.29, 1.82) is 5.26 Å². The number of nitriles is 1. The van der Waals surface area contributed by atoms with E-state index in [2.05, 4.69) is 29.1 Å². The molecule has 1 aliphatic rings. The molecule has 9 heteroatoms. The summed E-state index contributed by atoms with van der Waals surface area (Å²) in [5, 5.41) is 12.4. The molecule has 2 rings (SSSR count). The predicted octanol–water partition coefficient (Wildman–Crippen LogP) is 3.59. The number of methoxy groups -OCH3 is 1. The predicted molar refractivity (Wildman–Crippen MR) is 132 cm³/mol. The van der Waals surface area contributed by atoms with Gasteiger partial charge in [0.2, 0.25) is 5.91 Å². The van der Waals surface area contributed by atoms with E-state index in [-0.39, 0.29) is 29.3 Å². The van der Waals surface area contributed by atoms with Crippen molar-refractivity contribution in [3.05, 3.63) is 29.3 Å². The normalized spacial score (nSPS) is 15.1. The molecule has 0 aliphatic carbocycles. The SMILES string of the molecule is CCCN(CCC)c1ccc(N=C2C(=O)N(CCCOC)C(=O)C(C#N)=C2C)c(NC(C)=O)c1. The molecule has 0 unspecified atom stereocenters. The van der Waals surface area contributed by atoms with E-state index in [0.717, 1.165) is 36.5 Å². The lowest BCUT2D eigenvalue weighted by molar-refractivity contribution is -0.138. The number of benzene rings is 1. The van der Waals surface area contributed by atoms with Crippen LogP contribution in [0.3, 0.4) is 0 Å². The van der Waals surface area contributed by atoms with Gasteiger partial charge in [-0.25, -0.2) is 4.99 Å². The van der Waals surface area contributed by atoms with Gasteiger partial charge in [-0.2, -0.15) is 5.26 Å². The highest BCUT2D eigenvalue weighted by Gasteiger charge is 2.36. The lowest BCUT2D eigenvalue weighted by atomic mass is 9.98. The first-order chi connectivity index (χ1) is 16.3. The van der Waals surface area contributed by atoms with Crippen LogP contribution < -0.4 is 10.2 Å². The lowest BCUT2D eigenvalue weighted by Crippen LogP contribution is -2.47. The summed E-state index contributed by atoms with van der Waals surface area (Å²) in [4.78, 5) is 45.6. The summed E-state index contributed by atoms with van der Waals surface area (Å²) in [7, 11) is 1.53. The largest absolute Gasteiger partial charge is 0.385 e. The van der Waals surface area contributed by atoms with Crippen LogP contribution in [0, 0.1) is 11.3 Å². The zero-order valence-corrected chi connectivity index (χ0v) is 20.6. The summed E-state index contributed by atoms with van der Waals surface area (Å²) in [5.41, 5.74) is 1.87. The topological polar surface area (TPSA) is 115 Å². The van der Waals surface area contributed by atoms with Gasteiger partial charge in [0.05, 0.1) is 11.4 Å². The van der Waals surface area contributed by atoms with Gasteiger partial charge in [0.15, 0.2) is 0 Å². The molecule has 1 N–H and O–H groups in total. The molecule has 0 bridgehead atoms. The van der Waals surface area contributed by atoms with Crippen molar-refractivity contribution >= 4 is 40.5 Å². The Morgan fingerprint density at radius 3 is 2.44 bits per heavy atom. The molecule has 34 heavy (non-hydrogen) atoms. The average molecular weight is 468 g/mol. The molecule has 1 aromatic rings. The van der Waals surface area contributed by atoms with Crippen molar-refractivity contribution in [1.82, 2.24) is 4.90 Å². The summed E-state index contributed by atoms with van der Waals surface area (Å²) < 4.78 is 5.02. The molecular formula is C25H33N5O4. The number of imide groups is 1. The van der Waals surface area contributed by atoms with Crippen molar-refractivity contribution in [2.24, 2.45) is 4.99 Å². The van der Waals surface area contributed by atoms with Crippen LogP contribution in [-0.2, 0) is 19.1 Å². The van der Waals surface area contributed by atoms with E-state index in [1.54, 1.807) is 6.07 Å². The number of rotatable bonds is 11. The number of hydrogen-bond acceptors (Lipinski definition) is 7. The van der Waals surface area contributed by atoms with E-state index < -0.39 is 11.8 Å². The first-order valence-corrected chi connectivity index (χ1v) is 11.5. The molecule has 0 fully saturated rings. The Kier molecular flexibility index (Phi) is 9.95. The molecular weight excluding hydrogens is 434 g/mol. The number of nitrogens with one attached hydrogen (secondary N) is 1. The van der Waals surface area contributed by atoms with Crippen LogP contribution in [0.25, 0.3) is 0 Å². The molecule has 0 aromatic heterocycles. The maximum atomic E-state index is 13.2. The van der Waals surface area contributed by atoms with Crippen LogP contribution in [-0.4, -0.2) is 61.7 Å². The summed E-state index contributed by atoms with van der Waals surface area (Å²) in [6, 6.07) is 7.38. The van der Waals surface area contributed by atoms with Gasteiger partial charge in [-0.1, -0.05) is 13.8 Å². The Balaban J connectivity index is 2.58. The van der Waals surface area contributed by atoms with Crippen LogP contribution in [0.5, 0.6) is 0 Å². The molecule has 0 atom stereocenters. The fraction of sp³-hybridized carbons (Fsp3) is 0.480. The summed E-state index contributed by atoms with van der Waals surface area (Å²) in [6.45, 7) is 9.37. The minimum Gasteiger partial charge on any atom is -0.385 e. The Bertz CT molecular complexity index is 1030. The van der Waals surface area contributed by atoms with E-state index in [9.17, 15) is 19.6 Å². The van der Waals surface area contributed by atoms with E-state index in [1.807, 2.05) is 18.2 Å². The zero-order valence-electron chi connectivity index (χ0n) is 20.6. The number of carbonyl (C=O) groups is 3. The number of ether oxygens (including phenoxy) is 1. The van der Waals surface area contributed by atoms with Gasteiger partial charge in [-0.05, 0) is 44.4 Å². The maximum absolute atomic E-state index is 13.2.